The Labute approximate surface area is 199 Å². The van der Waals surface area contributed by atoms with Crippen molar-refractivity contribution < 1.29 is 23.1 Å². The van der Waals surface area contributed by atoms with E-state index in [9.17, 15) is 18.4 Å². The fraction of sp³-hybridized carbons (Fsp3) is 0.304. The van der Waals surface area contributed by atoms with E-state index in [2.05, 4.69) is 20.7 Å². The van der Waals surface area contributed by atoms with Crippen LogP contribution in [0.4, 0.5) is 14.5 Å². The lowest BCUT2D eigenvalue weighted by atomic mass is 10.0. The first-order chi connectivity index (χ1) is 16.2. The summed E-state index contributed by atoms with van der Waals surface area (Å²) in [6.45, 7) is 5.50. The molecule has 1 aromatic carbocycles. The standard InChI is InChI=1S/C23H22ClF2N5O3/c1-11(2)28-23(33)18-15(7-6-13-9-12(3)34-19(13)18)29-22(32)17-10-16(20(25)26)30-31(17)21-14(24)5-4-8-27-21/h4-8,10-12,20H,9H2,1-3H3,(H,28,33)(H,29,32). The van der Waals surface area contributed by atoms with Crippen LogP contribution in [0.3, 0.4) is 0 Å². The number of nitrogens with zero attached hydrogens (tertiary/aromatic N) is 3. The Morgan fingerprint density at radius 1 is 1.24 bits per heavy atom. The number of anilines is 1. The molecule has 2 amide bonds. The molecule has 1 unspecified atom stereocenters. The van der Waals surface area contributed by atoms with Crippen LogP contribution in [0.5, 0.6) is 5.75 Å². The van der Waals surface area contributed by atoms with Gasteiger partial charge in [0, 0.05) is 18.7 Å². The lowest BCUT2D eigenvalue weighted by Gasteiger charge is -2.17. The van der Waals surface area contributed by atoms with Gasteiger partial charge < -0.3 is 15.4 Å². The first-order valence-electron chi connectivity index (χ1n) is 10.6. The summed E-state index contributed by atoms with van der Waals surface area (Å²) < 4.78 is 33.6. The number of ether oxygens (including phenoxy) is 1. The second kappa shape index (κ2) is 9.38. The number of pyridine rings is 1. The highest BCUT2D eigenvalue weighted by Crippen LogP contribution is 2.37. The van der Waals surface area contributed by atoms with Crippen LogP contribution >= 0.6 is 11.6 Å². The summed E-state index contributed by atoms with van der Waals surface area (Å²) >= 11 is 6.17. The van der Waals surface area contributed by atoms with E-state index in [1.54, 1.807) is 18.2 Å². The molecule has 1 aliphatic heterocycles. The van der Waals surface area contributed by atoms with Gasteiger partial charge in [0.25, 0.3) is 18.2 Å². The number of carbonyl (C=O) groups excluding carboxylic acids is 2. The predicted octanol–water partition coefficient (Wildman–Crippen LogP) is 4.57. The Bertz CT molecular complexity index is 1260. The zero-order valence-electron chi connectivity index (χ0n) is 18.6. The van der Waals surface area contributed by atoms with E-state index in [1.807, 2.05) is 20.8 Å². The molecular formula is C23H22ClF2N5O3. The van der Waals surface area contributed by atoms with Gasteiger partial charge in [-0.05, 0) is 50.6 Å². The van der Waals surface area contributed by atoms with Crippen LogP contribution in [-0.2, 0) is 6.42 Å². The van der Waals surface area contributed by atoms with Crippen molar-refractivity contribution in [2.45, 2.75) is 45.8 Å². The molecule has 2 N–H and O–H groups in total. The normalized spacial score (nSPS) is 14.8. The molecule has 1 aliphatic rings. The minimum atomic E-state index is -2.92. The Morgan fingerprint density at radius 2 is 2.00 bits per heavy atom. The number of carbonyl (C=O) groups is 2. The van der Waals surface area contributed by atoms with Gasteiger partial charge >= 0.3 is 0 Å². The number of rotatable bonds is 6. The molecule has 3 heterocycles. The minimum absolute atomic E-state index is 0.0186. The van der Waals surface area contributed by atoms with Gasteiger partial charge in [-0.3, -0.25) is 9.59 Å². The van der Waals surface area contributed by atoms with Gasteiger partial charge in [-0.25, -0.2) is 18.4 Å². The predicted molar refractivity (Wildman–Crippen MR) is 122 cm³/mol. The maximum atomic E-state index is 13.4. The van der Waals surface area contributed by atoms with Gasteiger partial charge in [-0.1, -0.05) is 17.7 Å². The van der Waals surface area contributed by atoms with E-state index in [1.165, 1.54) is 12.3 Å². The van der Waals surface area contributed by atoms with Gasteiger partial charge in [-0.2, -0.15) is 5.10 Å². The number of hydrogen-bond acceptors (Lipinski definition) is 5. The van der Waals surface area contributed by atoms with Gasteiger partial charge in [-0.15, -0.1) is 0 Å². The highest BCUT2D eigenvalue weighted by molar-refractivity contribution is 6.32. The van der Waals surface area contributed by atoms with Gasteiger partial charge in [0.1, 0.15) is 28.8 Å². The van der Waals surface area contributed by atoms with Gasteiger partial charge in [0.2, 0.25) is 0 Å². The molecule has 34 heavy (non-hydrogen) atoms. The quantitative estimate of drug-likeness (QED) is 0.528. The van der Waals surface area contributed by atoms with Crippen LogP contribution in [0.2, 0.25) is 5.02 Å². The Morgan fingerprint density at radius 3 is 2.68 bits per heavy atom. The summed E-state index contributed by atoms with van der Waals surface area (Å²) in [7, 11) is 0. The molecule has 11 heteroatoms. The Kier molecular flexibility index (Phi) is 6.52. The summed E-state index contributed by atoms with van der Waals surface area (Å²) in [5, 5.41) is 9.40. The molecule has 0 saturated heterocycles. The van der Waals surface area contributed by atoms with Crippen molar-refractivity contribution in [1.29, 1.82) is 0 Å². The van der Waals surface area contributed by atoms with Crippen molar-refractivity contribution in [2.24, 2.45) is 0 Å². The Hall–Kier alpha value is -3.53. The molecule has 0 radical (unpaired) electrons. The van der Waals surface area contributed by atoms with E-state index in [4.69, 9.17) is 16.3 Å². The van der Waals surface area contributed by atoms with E-state index in [0.29, 0.717) is 12.2 Å². The maximum absolute atomic E-state index is 13.4. The largest absolute Gasteiger partial charge is 0.489 e. The molecule has 0 spiro atoms. The van der Waals surface area contributed by atoms with Crippen LogP contribution in [0.15, 0.2) is 36.5 Å². The number of fused-ring (bicyclic) bond motifs is 1. The smallest absolute Gasteiger partial charge is 0.282 e. The van der Waals surface area contributed by atoms with Gasteiger partial charge in [0.05, 0.1) is 10.7 Å². The first kappa shape index (κ1) is 23.6. The molecule has 3 aromatic rings. The molecule has 0 saturated carbocycles. The SMILES string of the molecule is CC(C)NC(=O)c1c(NC(=O)c2cc(C(F)F)nn2-c2ncccc2Cl)ccc2c1OC(C)C2. The molecule has 2 aromatic heterocycles. The molecule has 178 valence electrons. The van der Waals surface area contributed by atoms with Crippen LogP contribution < -0.4 is 15.4 Å². The van der Waals surface area contributed by atoms with Crippen LogP contribution in [-0.4, -0.2) is 38.7 Å². The molecular weight excluding hydrogens is 468 g/mol. The third kappa shape index (κ3) is 4.58. The molecule has 0 aliphatic carbocycles. The number of nitrogens with one attached hydrogen (secondary N) is 2. The van der Waals surface area contributed by atoms with Crippen molar-refractivity contribution >= 4 is 29.1 Å². The minimum Gasteiger partial charge on any atom is -0.489 e. The first-order valence-corrected chi connectivity index (χ1v) is 11.0. The molecule has 0 bridgehead atoms. The van der Waals surface area contributed by atoms with E-state index in [0.717, 1.165) is 16.3 Å². The molecule has 0 fully saturated rings. The van der Waals surface area contributed by atoms with E-state index < -0.39 is 23.9 Å². The average Bonchev–Trinajstić information content (AvgIpc) is 3.36. The zero-order chi connectivity index (χ0) is 24.6. The highest BCUT2D eigenvalue weighted by Gasteiger charge is 2.30. The second-order valence-corrected chi connectivity index (χ2v) is 8.57. The third-order valence-electron chi connectivity index (χ3n) is 5.08. The van der Waals surface area contributed by atoms with Crippen molar-refractivity contribution in [1.82, 2.24) is 20.1 Å². The monoisotopic (exact) mass is 489 g/mol. The number of aromatic nitrogens is 3. The number of benzene rings is 1. The van der Waals surface area contributed by atoms with E-state index in [-0.39, 0.29) is 39.9 Å². The fourth-order valence-corrected chi connectivity index (χ4v) is 3.89. The second-order valence-electron chi connectivity index (χ2n) is 8.17. The fourth-order valence-electron chi connectivity index (χ4n) is 3.69. The number of amides is 2. The van der Waals surface area contributed by atoms with Gasteiger partial charge in [0.15, 0.2) is 5.82 Å². The lowest BCUT2D eigenvalue weighted by molar-refractivity contribution is 0.0939. The van der Waals surface area contributed by atoms with Crippen LogP contribution in [0.25, 0.3) is 5.82 Å². The summed E-state index contributed by atoms with van der Waals surface area (Å²) in [5.74, 6) is -0.792. The maximum Gasteiger partial charge on any atom is 0.282 e. The highest BCUT2D eigenvalue weighted by atomic mass is 35.5. The summed E-state index contributed by atoms with van der Waals surface area (Å²) in [6.07, 6.45) is -1.03. The molecule has 1 atom stereocenters. The summed E-state index contributed by atoms with van der Waals surface area (Å²) in [5.41, 5.74) is 0.343. The van der Waals surface area contributed by atoms with E-state index >= 15 is 0 Å². The summed E-state index contributed by atoms with van der Waals surface area (Å²) in [4.78, 5) is 30.3. The zero-order valence-corrected chi connectivity index (χ0v) is 19.4. The van der Waals surface area contributed by atoms with Crippen LogP contribution in [0.1, 0.15) is 59.3 Å². The Balaban J connectivity index is 1.76. The average molecular weight is 490 g/mol. The van der Waals surface area contributed by atoms with Crippen LogP contribution in [0, 0.1) is 0 Å². The van der Waals surface area contributed by atoms with Crippen molar-refractivity contribution in [2.75, 3.05) is 5.32 Å². The van der Waals surface area contributed by atoms with Crippen molar-refractivity contribution in [3.05, 3.63) is 64.1 Å². The third-order valence-corrected chi connectivity index (χ3v) is 5.38. The topological polar surface area (TPSA) is 98.1 Å². The molecule has 4 rings (SSSR count). The molecule has 8 nitrogen and oxygen atoms in total. The number of alkyl halides is 2. The lowest BCUT2D eigenvalue weighted by Crippen LogP contribution is -2.31. The van der Waals surface area contributed by atoms with Crippen molar-refractivity contribution in [3.8, 4) is 11.6 Å². The number of halogens is 3. The summed E-state index contributed by atoms with van der Waals surface area (Å²) in [6, 6.07) is 7.22. The van der Waals surface area contributed by atoms with Crippen molar-refractivity contribution in [3.63, 3.8) is 0 Å². The number of hydrogen-bond donors (Lipinski definition) is 2.